The molecule has 0 aliphatic carbocycles. The highest BCUT2D eigenvalue weighted by atomic mass is 16.4. The third-order valence-corrected chi connectivity index (χ3v) is 1.74. The summed E-state index contributed by atoms with van der Waals surface area (Å²) in [5, 5.41) is 15.9. The summed E-state index contributed by atoms with van der Waals surface area (Å²) in [6.45, 7) is 3.15. The molecular weight excluding hydrogens is 206 g/mol. The van der Waals surface area contributed by atoms with Gasteiger partial charge >= 0.3 is 5.97 Å². The molecule has 0 saturated heterocycles. The van der Waals surface area contributed by atoms with Gasteiger partial charge in [-0.1, -0.05) is 36.4 Å². The fraction of sp³-hybridized carbons (Fsp3) is 0.250. The topological polar surface area (TPSA) is 83.5 Å². The molecular formula is C12H17NO3. The van der Waals surface area contributed by atoms with Crippen LogP contribution in [0.4, 0.5) is 0 Å². The Labute approximate surface area is 95.0 Å². The van der Waals surface area contributed by atoms with Crippen LogP contribution < -0.4 is 5.73 Å². The van der Waals surface area contributed by atoms with Crippen molar-refractivity contribution in [2.24, 2.45) is 5.73 Å². The molecule has 0 amide bonds. The van der Waals surface area contributed by atoms with E-state index in [1.165, 1.54) is 5.56 Å². The molecule has 0 radical (unpaired) electrons. The fourth-order valence-electron chi connectivity index (χ4n) is 0.859. The van der Waals surface area contributed by atoms with E-state index in [0.29, 0.717) is 0 Å². The van der Waals surface area contributed by atoms with Crippen LogP contribution in [0, 0.1) is 0 Å². The van der Waals surface area contributed by atoms with E-state index in [-0.39, 0.29) is 0 Å². The zero-order chi connectivity index (χ0) is 12.4. The second-order valence-corrected chi connectivity index (χ2v) is 3.11. The zero-order valence-corrected chi connectivity index (χ0v) is 9.04. The van der Waals surface area contributed by atoms with E-state index in [9.17, 15) is 4.79 Å². The molecule has 4 heteroatoms. The van der Waals surface area contributed by atoms with Crippen molar-refractivity contribution in [1.29, 1.82) is 0 Å². The maximum atomic E-state index is 9.65. The number of carboxylic acids is 1. The average molecular weight is 223 g/mol. The number of rotatable bonds is 4. The molecule has 4 N–H and O–H groups in total. The molecule has 0 aromatic heterocycles. The number of allylic oxidation sites excluding steroid dienone is 1. The van der Waals surface area contributed by atoms with E-state index >= 15 is 0 Å². The van der Waals surface area contributed by atoms with Gasteiger partial charge in [-0.25, -0.2) is 0 Å². The summed E-state index contributed by atoms with van der Waals surface area (Å²) < 4.78 is 0. The van der Waals surface area contributed by atoms with Crippen molar-refractivity contribution in [3.63, 3.8) is 0 Å². The van der Waals surface area contributed by atoms with Gasteiger partial charge in [0.15, 0.2) is 0 Å². The van der Waals surface area contributed by atoms with E-state index < -0.39 is 18.6 Å². The second-order valence-electron chi connectivity index (χ2n) is 3.11. The smallest absolute Gasteiger partial charge is 0.322 e. The van der Waals surface area contributed by atoms with Gasteiger partial charge in [0.05, 0.1) is 6.61 Å². The first-order valence-corrected chi connectivity index (χ1v) is 4.85. The van der Waals surface area contributed by atoms with Gasteiger partial charge in [-0.15, -0.1) is 6.58 Å². The largest absolute Gasteiger partial charge is 0.480 e. The van der Waals surface area contributed by atoms with Crippen molar-refractivity contribution in [3.8, 4) is 0 Å². The molecule has 0 bridgehead atoms. The second kappa shape index (κ2) is 8.64. The molecule has 0 fully saturated rings. The van der Waals surface area contributed by atoms with E-state index in [1.807, 2.05) is 24.3 Å². The Kier molecular flexibility index (Phi) is 7.75. The minimum atomic E-state index is -1.18. The van der Waals surface area contributed by atoms with Crippen LogP contribution in [-0.4, -0.2) is 28.8 Å². The Morgan fingerprint density at radius 1 is 1.44 bits per heavy atom. The van der Waals surface area contributed by atoms with Crippen LogP contribution >= 0.6 is 0 Å². The first kappa shape index (κ1) is 14.3. The van der Waals surface area contributed by atoms with Gasteiger partial charge in [-0.3, -0.25) is 4.79 Å². The third kappa shape index (κ3) is 6.75. The van der Waals surface area contributed by atoms with Crippen LogP contribution in [-0.2, 0) is 11.2 Å². The summed E-state index contributed by atoms with van der Waals surface area (Å²) in [4.78, 5) is 9.65. The van der Waals surface area contributed by atoms with Crippen molar-refractivity contribution in [2.45, 2.75) is 12.5 Å². The number of hydrogen-bond donors (Lipinski definition) is 3. The predicted octanol–water partition coefficient (Wildman–Crippen LogP) is 0.806. The lowest BCUT2D eigenvalue weighted by atomic mass is 10.2. The summed E-state index contributed by atoms with van der Waals surface area (Å²) in [5.74, 6) is -1.18. The maximum absolute atomic E-state index is 9.65. The number of hydrogen-bond acceptors (Lipinski definition) is 3. The lowest BCUT2D eigenvalue weighted by Gasteiger charge is -1.96. The predicted molar refractivity (Wildman–Crippen MR) is 63.0 cm³/mol. The lowest BCUT2D eigenvalue weighted by Crippen LogP contribution is -2.33. The third-order valence-electron chi connectivity index (χ3n) is 1.74. The summed E-state index contributed by atoms with van der Waals surface area (Å²) in [5.41, 5.74) is 6.09. The molecule has 4 nitrogen and oxygen atoms in total. The van der Waals surface area contributed by atoms with Crippen LogP contribution in [0.1, 0.15) is 5.56 Å². The molecule has 0 aliphatic rings. The minimum Gasteiger partial charge on any atom is -0.480 e. The van der Waals surface area contributed by atoms with Crippen LogP contribution in [0.2, 0.25) is 0 Å². The van der Waals surface area contributed by atoms with Gasteiger partial charge in [0, 0.05) is 0 Å². The highest BCUT2D eigenvalue weighted by molar-refractivity contribution is 5.73. The van der Waals surface area contributed by atoms with E-state index in [4.69, 9.17) is 15.9 Å². The van der Waals surface area contributed by atoms with E-state index in [2.05, 4.69) is 18.7 Å². The molecule has 0 saturated carbocycles. The van der Waals surface area contributed by atoms with Crippen LogP contribution in [0.15, 0.2) is 43.0 Å². The number of nitrogens with two attached hydrogens (primary N) is 1. The maximum Gasteiger partial charge on any atom is 0.322 e. The van der Waals surface area contributed by atoms with Gasteiger partial charge in [0.1, 0.15) is 6.04 Å². The molecule has 1 atom stereocenters. The first-order chi connectivity index (χ1) is 7.61. The molecule has 1 unspecified atom stereocenters. The average Bonchev–Trinajstić information content (AvgIpc) is 2.30. The number of aliphatic hydroxyl groups is 1. The Bertz CT molecular complexity index is 311. The number of carboxylic acid groups (broad SMARTS) is 1. The molecule has 1 rings (SSSR count). The minimum absolute atomic E-state index is 0.505. The molecule has 0 heterocycles. The molecule has 0 spiro atoms. The molecule has 0 aliphatic heterocycles. The summed E-state index contributed by atoms with van der Waals surface area (Å²) in [6, 6.07) is 9.17. The SMILES string of the molecule is C=CCc1ccccc1.NC(CO)C(=O)O. The van der Waals surface area contributed by atoms with Crippen LogP contribution in [0.3, 0.4) is 0 Å². The Balaban J connectivity index is 0.000000293. The van der Waals surface area contributed by atoms with Crippen molar-refractivity contribution < 1.29 is 15.0 Å². The standard InChI is InChI=1S/C9H10.C3H7NO3/c1-2-6-9-7-4-3-5-8-9;4-2(1-5)3(6)7/h2-5,7-8H,1,6H2;2,5H,1,4H2,(H,6,7). The Hall–Kier alpha value is -1.65. The van der Waals surface area contributed by atoms with Gasteiger partial charge < -0.3 is 15.9 Å². The van der Waals surface area contributed by atoms with Crippen molar-refractivity contribution in [1.82, 2.24) is 0 Å². The van der Waals surface area contributed by atoms with E-state index in [1.54, 1.807) is 0 Å². The summed E-state index contributed by atoms with van der Waals surface area (Å²) >= 11 is 0. The van der Waals surface area contributed by atoms with Gasteiger partial charge in [0.2, 0.25) is 0 Å². The summed E-state index contributed by atoms with van der Waals surface area (Å²) in [7, 11) is 0. The van der Waals surface area contributed by atoms with Crippen molar-refractivity contribution in [3.05, 3.63) is 48.6 Å². The van der Waals surface area contributed by atoms with E-state index in [0.717, 1.165) is 6.42 Å². The molecule has 1 aromatic rings. The van der Waals surface area contributed by atoms with Crippen molar-refractivity contribution >= 4 is 5.97 Å². The Morgan fingerprint density at radius 2 is 2.00 bits per heavy atom. The van der Waals surface area contributed by atoms with Crippen molar-refractivity contribution in [2.75, 3.05) is 6.61 Å². The summed E-state index contributed by atoms with van der Waals surface area (Å²) in [6.07, 6.45) is 2.89. The fourth-order valence-corrected chi connectivity index (χ4v) is 0.859. The highest BCUT2D eigenvalue weighted by Gasteiger charge is 2.06. The molecule has 1 aromatic carbocycles. The quantitative estimate of drug-likeness (QED) is 0.659. The highest BCUT2D eigenvalue weighted by Crippen LogP contribution is 1.98. The number of aliphatic hydroxyl groups excluding tert-OH is 1. The van der Waals surface area contributed by atoms with Gasteiger partial charge in [-0.2, -0.15) is 0 Å². The normalized spacial score (nSPS) is 10.9. The lowest BCUT2D eigenvalue weighted by molar-refractivity contribution is -0.139. The van der Waals surface area contributed by atoms with Crippen LogP contribution in [0.5, 0.6) is 0 Å². The first-order valence-electron chi connectivity index (χ1n) is 4.85. The number of aliphatic carboxylic acids is 1. The number of carbonyl (C=O) groups is 1. The molecule has 88 valence electrons. The zero-order valence-electron chi connectivity index (χ0n) is 9.04. The van der Waals surface area contributed by atoms with Gasteiger partial charge in [-0.05, 0) is 12.0 Å². The van der Waals surface area contributed by atoms with Crippen LogP contribution in [0.25, 0.3) is 0 Å². The van der Waals surface area contributed by atoms with Gasteiger partial charge in [0.25, 0.3) is 0 Å². The number of benzene rings is 1. The molecule has 16 heavy (non-hydrogen) atoms. The monoisotopic (exact) mass is 223 g/mol. The Morgan fingerprint density at radius 3 is 2.31 bits per heavy atom.